The Bertz CT molecular complexity index is 854. The monoisotopic (exact) mass is 397 g/mol. The Morgan fingerprint density at radius 1 is 1.28 bits per heavy atom. The first-order valence-electron chi connectivity index (χ1n) is 10.5. The number of carbonyl (C=O) groups excluding carboxylic acids is 1. The van der Waals surface area contributed by atoms with Gasteiger partial charge >= 0.3 is 0 Å². The summed E-state index contributed by atoms with van der Waals surface area (Å²) >= 11 is 0. The van der Waals surface area contributed by atoms with Crippen molar-refractivity contribution in [3.8, 4) is 0 Å². The third-order valence-electron chi connectivity index (χ3n) is 6.10. The molecule has 2 aliphatic rings. The predicted octanol–water partition coefficient (Wildman–Crippen LogP) is 2.42. The number of rotatable bonds is 5. The van der Waals surface area contributed by atoms with E-state index < -0.39 is 0 Å². The minimum atomic E-state index is 0.0387. The number of amides is 1. The zero-order valence-electron chi connectivity index (χ0n) is 17.6. The van der Waals surface area contributed by atoms with Gasteiger partial charge in [0, 0.05) is 39.4 Å². The number of nitrogens with zero attached hydrogens (tertiary/aromatic N) is 6. The van der Waals surface area contributed by atoms with Gasteiger partial charge in [-0.15, -0.1) is 5.10 Å². The quantitative estimate of drug-likeness (QED) is 0.835. The van der Waals surface area contributed by atoms with Gasteiger partial charge < -0.3 is 10.2 Å². The predicted molar refractivity (Wildman–Crippen MR) is 112 cm³/mol. The average molecular weight is 398 g/mol. The fraction of sp³-hybridized carbons (Fsp3) is 0.619. The Morgan fingerprint density at radius 3 is 2.76 bits per heavy atom. The van der Waals surface area contributed by atoms with Gasteiger partial charge in [0.05, 0.1) is 23.5 Å². The first-order chi connectivity index (χ1) is 13.9. The number of hydrogen-bond acceptors (Lipinski definition) is 6. The number of carbonyl (C=O) groups is 1. The molecule has 0 atom stereocenters. The van der Waals surface area contributed by atoms with Gasteiger partial charge in [0.15, 0.2) is 0 Å². The molecule has 4 heterocycles. The zero-order valence-corrected chi connectivity index (χ0v) is 17.6. The Labute approximate surface area is 172 Å². The van der Waals surface area contributed by atoms with E-state index in [2.05, 4.69) is 45.6 Å². The van der Waals surface area contributed by atoms with Crippen LogP contribution in [0.4, 0.5) is 5.82 Å². The zero-order chi connectivity index (χ0) is 20.4. The van der Waals surface area contributed by atoms with E-state index in [9.17, 15) is 4.79 Å². The van der Waals surface area contributed by atoms with Gasteiger partial charge in [0.2, 0.25) is 0 Å². The van der Waals surface area contributed by atoms with Gasteiger partial charge in [-0.3, -0.25) is 9.69 Å². The molecule has 156 valence electrons. The number of piperidine rings is 1. The molecule has 0 radical (unpaired) electrons. The molecule has 29 heavy (non-hydrogen) atoms. The van der Waals surface area contributed by atoms with E-state index in [0.717, 1.165) is 51.3 Å². The minimum absolute atomic E-state index is 0.0387. The molecule has 2 aliphatic heterocycles. The van der Waals surface area contributed by atoms with Crippen LogP contribution in [0.15, 0.2) is 24.5 Å². The molecule has 0 spiro atoms. The maximum atomic E-state index is 12.9. The van der Waals surface area contributed by atoms with E-state index in [4.69, 9.17) is 0 Å². The number of aromatic nitrogens is 4. The Kier molecular flexibility index (Phi) is 5.54. The summed E-state index contributed by atoms with van der Waals surface area (Å²) < 4.78 is 2.00. The van der Waals surface area contributed by atoms with E-state index in [1.165, 1.54) is 6.42 Å². The Hall–Kier alpha value is -2.48. The second kappa shape index (κ2) is 8.10. The van der Waals surface area contributed by atoms with Crippen molar-refractivity contribution in [3.63, 3.8) is 0 Å². The molecule has 1 amide bonds. The highest BCUT2D eigenvalue weighted by atomic mass is 16.2. The van der Waals surface area contributed by atoms with Crippen LogP contribution in [0.2, 0.25) is 0 Å². The summed E-state index contributed by atoms with van der Waals surface area (Å²) in [6.07, 6.45) is 6.80. The van der Waals surface area contributed by atoms with E-state index in [1.807, 2.05) is 15.6 Å². The first-order valence-corrected chi connectivity index (χ1v) is 10.5. The van der Waals surface area contributed by atoms with Crippen molar-refractivity contribution >= 4 is 11.7 Å². The maximum absolute atomic E-state index is 12.9. The van der Waals surface area contributed by atoms with E-state index >= 15 is 0 Å². The third-order valence-corrected chi connectivity index (χ3v) is 6.10. The third kappa shape index (κ3) is 4.42. The molecule has 2 aromatic rings. The van der Waals surface area contributed by atoms with Gasteiger partial charge in [-0.2, -0.15) is 0 Å². The van der Waals surface area contributed by atoms with Crippen LogP contribution in [0.3, 0.4) is 0 Å². The number of anilines is 1. The van der Waals surface area contributed by atoms with Crippen LogP contribution >= 0.6 is 0 Å². The molecular formula is C21H31N7O. The molecule has 0 bridgehead atoms. The lowest BCUT2D eigenvalue weighted by atomic mass is 9.93. The Balaban J connectivity index is 1.33. The fourth-order valence-corrected chi connectivity index (χ4v) is 4.43. The van der Waals surface area contributed by atoms with Gasteiger partial charge in [-0.25, -0.2) is 9.67 Å². The summed E-state index contributed by atoms with van der Waals surface area (Å²) in [5, 5.41) is 11.8. The highest BCUT2D eigenvalue weighted by Crippen LogP contribution is 2.30. The van der Waals surface area contributed by atoms with Gasteiger partial charge in [0.1, 0.15) is 5.82 Å². The Morgan fingerprint density at radius 2 is 2.07 bits per heavy atom. The lowest BCUT2D eigenvalue weighted by molar-refractivity contribution is 0.0690. The van der Waals surface area contributed by atoms with Crippen LogP contribution in [0, 0.1) is 5.41 Å². The van der Waals surface area contributed by atoms with Crippen LogP contribution in [0.1, 0.15) is 55.2 Å². The van der Waals surface area contributed by atoms with Crippen molar-refractivity contribution in [1.82, 2.24) is 29.8 Å². The molecular weight excluding hydrogens is 366 g/mol. The summed E-state index contributed by atoms with van der Waals surface area (Å²) in [6.45, 7) is 9.20. The molecule has 4 rings (SSSR count). The normalized spacial score (nSPS) is 20.2. The molecule has 0 saturated carbocycles. The van der Waals surface area contributed by atoms with Crippen molar-refractivity contribution < 1.29 is 4.79 Å². The second-order valence-corrected chi connectivity index (χ2v) is 8.99. The van der Waals surface area contributed by atoms with E-state index in [1.54, 1.807) is 19.3 Å². The fourth-order valence-electron chi connectivity index (χ4n) is 4.43. The molecule has 0 aromatic carbocycles. The molecule has 2 fully saturated rings. The topological polar surface area (TPSA) is 79.2 Å². The number of hydrogen-bond donors (Lipinski definition) is 1. The van der Waals surface area contributed by atoms with E-state index in [0.29, 0.717) is 22.8 Å². The highest BCUT2D eigenvalue weighted by molar-refractivity contribution is 5.98. The maximum Gasteiger partial charge on any atom is 0.257 e. The largest absolute Gasteiger partial charge is 0.372 e. The van der Waals surface area contributed by atoms with Crippen LogP contribution < -0.4 is 5.32 Å². The molecule has 8 heteroatoms. The van der Waals surface area contributed by atoms with Crippen LogP contribution in [0.5, 0.6) is 0 Å². The summed E-state index contributed by atoms with van der Waals surface area (Å²) in [5.41, 5.74) is 2.07. The van der Waals surface area contributed by atoms with Crippen molar-refractivity contribution in [2.45, 2.75) is 45.7 Å². The van der Waals surface area contributed by atoms with Crippen molar-refractivity contribution in [3.05, 3.63) is 35.8 Å². The van der Waals surface area contributed by atoms with Crippen LogP contribution in [0.25, 0.3) is 0 Å². The lowest BCUT2D eigenvalue weighted by Gasteiger charge is -2.32. The minimum Gasteiger partial charge on any atom is -0.372 e. The van der Waals surface area contributed by atoms with Crippen molar-refractivity contribution in [1.29, 1.82) is 0 Å². The van der Waals surface area contributed by atoms with Gasteiger partial charge in [-0.05, 0) is 43.4 Å². The van der Waals surface area contributed by atoms with Gasteiger partial charge in [-0.1, -0.05) is 19.1 Å². The first kappa shape index (κ1) is 19.8. The molecule has 0 aliphatic carbocycles. The smallest absolute Gasteiger partial charge is 0.257 e. The average Bonchev–Trinajstić information content (AvgIpc) is 3.33. The van der Waals surface area contributed by atoms with Crippen molar-refractivity contribution in [2.24, 2.45) is 5.41 Å². The van der Waals surface area contributed by atoms with E-state index in [-0.39, 0.29) is 5.91 Å². The number of likely N-dealkylation sites (tertiary alicyclic amines) is 2. The molecule has 2 aromatic heterocycles. The standard InChI is InChI=1S/C21H31N7O/c1-21(2)8-12-26(15-21)13-16-14-28(25-24-16)17-6-10-27(11-7-17)20(29)18-5-4-9-23-19(18)22-3/h4-5,9,14,17H,6-8,10-13,15H2,1-3H3,(H,22,23). The molecule has 2 saturated heterocycles. The van der Waals surface area contributed by atoms with Crippen LogP contribution in [-0.4, -0.2) is 68.9 Å². The molecule has 1 N–H and O–H groups in total. The lowest BCUT2D eigenvalue weighted by Crippen LogP contribution is -2.39. The SMILES string of the molecule is CNc1ncccc1C(=O)N1CCC(n2cc(CN3CCC(C)(C)C3)nn2)CC1. The molecule has 8 nitrogen and oxygen atoms in total. The second-order valence-electron chi connectivity index (χ2n) is 8.99. The summed E-state index contributed by atoms with van der Waals surface area (Å²) in [5.74, 6) is 0.669. The summed E-state index contributed by atoms with van der Waals surface area (Å²) in [4.78, 5) is 21.5. The summed E-state index contributed by atoms with van der Waals surface area (Å²) in [6, 6.07) is 3.93. The number of pyridine rings is 1. The number of nitrogens with one attached hydrogen (secondary N) is 1. The molecule has 0 unspecified atom stereocenters. The highest BCUT2D eigenvalue weighted by Gasteiger charge is 2.30. The van der Waals surface area contributed by atoms with Crippen LogP contribution in [-0.2, 0) is 6.54 Å². The van der Waals surface area contributed by atoms with Crippen molar-refractivity contribution in [2.75, 3.05) is 38.5 Å². The van der Waals surface area contributed by atoms with Gasteiger partial charge in [0.25, 0.3) is 5.91 Å². The summed E-state index contributed by atoms with van der Waals surface area (Å²) in [7, 11) is 1.79.